The topological polar surface area (TPSA) is 46.2 Å². The molecule has 3 nitrogen and oxygen atoms in total. The molecule has 20 heavy (non-hydrogen) atoms. The van der Waals surface area contributed by atoms with E-state index in [1.54, 1.807) is 0 Å². The van der Waals surface area contributed by atoms with Crippen LogP contribution in [0, 0.1) is 5.92 Å². The number of sulfone groups is 1. The number of halogens is 1. The van der Waals surface area contributed by atoms with Crippen molar-refractivity contribution >= 4 is 21.4 Å². The van der Waals surface area contributed by atoms with Gasteiger partial charge >= 0.3 is 0 Å². The van der Waals surface area contributed by atoms with Gasteiger partial charge in [-0.25, -0.2) is 8.42 Å². The second-order valence-electron chi connectivity index (χ2n) is 5.19. The van der Waals surface area contributed by atoms with E-state index in [2.05, 4.69) is 5.32 Å². The molecular formula is C15H24ClNO2S. The number of hydrogen-bond donors (Lipinski definition) is 1. The van der Waals surface area contributed by atoms with Gasteiger partial charge in [0.25, 0.3) is 0 Å². The van der Waals surface area contributed by atoms with Gasteiger partial charge in [-0.15, -0.1) is 0 Å². The average Bonchev–Trinajstić information content (AvgIpc) is 2.39. The van der Waals surface area contributed by atoms with Crippen LogP contribution in [-0.4, -0.2) is 33.5 Å². The van der Waals surface area contributed by atoms with Crippen LogP contribution in [0.2, 0.25) is 5.02 Å². The summed E-state index contributed by atoms with van der Waals surface area (Å²) in [6.07, 6.45) is 2.27. The van der Waals surface area contributed by atoms with Crippen LogP contribution in [0.3, 0.4) is 0 Å². The molecule has 1 aromatic carbocycles. The lowest BCUT2D eigenvalue weighted by molar-refractivity contribution is 0.477. The van der Waals surface area contributed by atoms with E-state index in [-0.39, 0.29) is 5.75 Å². The van der Waals surface area contributed by atoms with Crippen LogP contribution in [0.15, 0.2) is 24.3 Å². The molecule has 1 unspecified atom stereocenters. The van der Waals surface area contributed by atoms with Crippen LogP contribution in [-0.2, 0) is 16.3 Å². The molecule has 0 amide bonds. The van der Waals surface area contributed by atoms with Gasteiger partial charge in [0.1, 0.15) is 9.84 Å². The van der Waals surface area contributed by atoms with Gasteiger partial charge in [-0.05, 0) is 56.5 Å². The van der Waals surface area contributed by atoms with Crippen LogP contribution in [0.25, 0.3) is 0 Å². The zero-order valence-corrected chi connectivity index (χ0v) is 13.8. The number of hydrogen-bond acceptors (Lipinski definition) is 3. The van der Waals surface area contributed by atoms with E-state index in [1.165, 1.54) is 5.56 Å². The normalized spacial score (nSPS) is 13.3. The van der Waals surface area contributed by atoms with Crippen molar-refractivity contribution in [3.05, 3.63) is 34.9 Å². The fraction of sp³-hybridized carbons (Fsp3) is 0.600. The minimum absolute atomic E-state index is 0.279. The molecule has 5 heteroatoms. The predicted molar refractivity (Wildman–Crippen MR) is 86.1 cm³/mol. The van der Waals surface area contributed by atoms with Crippen molar-refractivity contribution in [3.63, 3.8) is 0 Å². The Morgan fingerprint density at radius 3 is 2.40 bits per heavy atom. The summed E-state index contributed by atoms with van der Waals surface area (Å²) >= 11 is 5.87. The molecule has 0 aliphatic rings. The minimum atomic E-state index is -2.89. The lowest BCUT2D eigenvalue weighted by atomic mass is 9.97. The first-order valence-electron chi connectivity index (χ1n) is 7.06. The van der Waals surface area contributed by atoms with E-state index in [0.29, 0.717) is 24.5 Å². The Hall–Kier alpha value is -0.580. The smallest absolute Gasteiger partial charge is 0.150 e. The van der Waals surface area contributed by atoms with E-state index < -0.39 is 9.84 Å². The molecule has 1 N–H and O–H groups in total. The first kappa shape index (κ1) is 17.5. The van der Waals surface area contributed by atoms with Crippen molar-refractivity contribution in [2.24, 2.45) is 5.92 Å². The summed E-state index contributed by atoms with van der Waals surface area (Å²) in [6, 6.07) is 7.76. The standard InChI is InChI=1S/C15H24ClNO2S/c1-3-9-20(18,19)10-8-14(12-17-2)11-13-4-6-15(16)7-5-13/h4-7,14,17H,3,8-12H2,1-2H3. The molecule has 0 aromatic heterocycles. The number of rotatable bonds is 9. The second-order valence-corrected chi connectivity index (χ2v) is 7.93. The maximum atomic E-state index is 11.8. The molecular weight excluding hydrogens is 294 g/mol. The largest absolute Gasteiger partial charge is 0.319 e. The fourth-order valence-corrected chi connectivity index (χ4v) is 3.92. The van der Waals surface area contributed by atoms with E-state index >= 15 is 0 Å². The molecule has 1 atom stereocenters. The first-order chi connectivity index (χ1) is 9.46. The molecule has 0 heterocycles. The van der Waals surface area contributed by atoms with Gasteiger partial charge in [0.05, 0.1) is 5.75 Å². The maximum Gasteiger partial charge on any atom is 0.150 e. The molecule has 0 spiro atoms. The lowest BCUT2D eigenvalue weighted by Crippen LogP contribution is -2.24. The highest BCUT2D eigenvalue weighted by Crippen LogP contribution is 2.16. The predicted octanol–water partition coefficient (Wildman–Crippen LogP) is 2.93. The fourth-order valence-electron chi connectivity index (χ4n) is 2.28. The third kappa shape index (κ3) is 6.73. The molecule has 0 aliphatic carbocycles. The highest BCUT2D eigenvalue weighted by molar-refractivity contribution is 7.91. The lowest BCUT2D eigenvalue weighted by Gasteiger charge is -2.16. The van der Waals surface area contributed by atoms with E-state index in [1.807, 2.05) is 38.2 Å². The molecule has 0 saturated heterocycles. The van der Waals surface area contributed by atoms with Crippen molar-refractivity contribution < 1.29 is 8.42 Å². The monoisotopic (exact) mass is 317 g/mol. The van der Waals surface area contributed by atoms with E-state index in [4.69, 9.17) is 11.6 Å². The summed E-state index contributed by atoms with van der Waals surface area (Å²) in [5.41, 5.74) is 1.20. The quantitative estimate of drug-likeness (QED) is 0.761. The Morgan fingerprint density at radius 1 is 1.20 bits per heavy atom. The third-order valence-electron chi connectivity index (χ3n) is 3.28. The van der Waals surface area contributed by atoms with Crippen molar-refractivity contribution in [3.8, 4) is 0 Å². The van der Waals surface area contributed by atoms with Crippen molar-refractivity contribution in [2.75, 3.05) is 25.1 Å². The second kappa shape index (κ2) is 8.65. The maximum absolute atomic E-state index is 11.8. The summed E-state index contributed by atoms with van der Waals surface area (Å²) in [5, 5.41) is 3.87. The van der Waals surface area contributed by atoms with Gasteiger partial charge in [0, 0.05) is 10.8 Å². The van der Waals surface area contributed by atoms with Gasteiger partial charge in [-0.1, -0.05) is 30.7 Å². The van der Waals surface area contributed by atoms with Crippen LogP contribution in [0.1, 0.15) is 25.3 Å². The SMILES string of the molecule is CCCS(=O)(=O)CCC(CNC)Cc1ccc(Cl)cc1. The zero-order valence-electron chi connectivity index (χ0n) is 12.2. The van der Waals surface area contributed by atoms with Crippen LogP contribution in [0.4, 0.5) is 0 Å². The van der Waals surface area contributed by atoms with Crippen molar-refractivity contribution in [1.29, 1.82) is 0 Å². The van der Waals surface area contributed by atoms with Gasteiger partial charge < -0.3 is 5.32 Å². The Labute approximate surface area is 127 Å². The molecule has 0 fully saturated rings. The molecule has 114 valence electrons. The molecule has 1 rings (SSSR count). The van der Waals surface area contributed by atoms with Crippen molar-refractivity contribution in [1.82, 2.24) is 5.32 Å². The molecule has 0 bridgehead atoms. The molecule has 0 radical (unpaired) electrons. The Morgan fingerprint density at radius 2 is 1.85 bits per heavy atom. The summed E-state index contributed by atoms with van der Waals surface area (Å²) in [7, 11) is -0.995. The Balaban J connectivity index is 2.58. The Bertz CT molecular complexity index is 485. The van der Waals surface area contributed by atoms with Crippen LogP contribution < -0.4 is 5.32 Å². The van der Waals surface area contributed by atoms with Crippen LogP contribution >= 0.6 is 11.6 Å². The zero-order chi connectivity index (χ0) is 15.0. The van der Waals surface area contributed by atoms with Gasteiger partial charge in [0.15, 0.2) is 0 Å². The summed E-state index contributed by atoms with van der Waals surface area (Å²) in [5.74, 6) is 0.897. The van der Waals surface area contributed by atoms with E-state index in [0.717, 1.165) is 18.0 Å². The molecule has 0 aliphatic heterocycles. The van der Waals surface area contributed by atoms with Gasteiger partial charge in [-0.3, -0.25) is 0 Å². The number of benzene rings is 1. The van der Waals surface area contributed by atoms with E-state index in [9.17, 15) is 8.42 Å². The molecule has 1 aromatic rings. The molecule has 0 saturated carbocycles. The Kier molecular flexibility index (Phi) is 7.56. The highest BCUT2D eigenvalue weighted by atomic mass is 35.5. The highest BCUT2D eigenvalue weighted by Gasteiger charge is 2.15. The van der Waals surface area contributed by atoms with Gasteiger partial charge in [0.2, 0.25) is 0 Å². The van der Waals surface area contributed by atoms with Crippen LogP contribution in [0.5, 0.6) is 0 Å². The van der Waals surface area contributed by atoms with Gasteiger partial charge in [-0.2, -0.15) is 0 Å². The third-order valence-corrected chi connectivity index (χ3v) is 5.42. The summed E-state index contributed by atoms with van der Waals surface area (Å²) < 4.78 is 23.6. The minimum Gasteiger partial charge on any atom is -0.319 e. The summed E-state index contributed by atoms with van der Waals surface area (Å²) in [6.45, 7) is 2.72. The number of nitrogens with one attached hydrogen (secondary N) is 1. The average molecular weight is 318 g/mol. The van der Waals surface area contributed by atoms with Crippen molar-refractivity contribution in [2.45, 2.75) is 26.2 Å². The summed E-state index contributed by atoms with van der Waals surface area (Å²) in [4.78, 5) is 0. The first-order valence-corrected chi connectivity index (χ1v) is 9.26.